The number of rotatable bonds is 5. The number of benzene rings is 3. The summed E-state index contributed by atoms with van der Waals surface area (Å²) in [7, 11) is 0. The van der Waals surface area contributed by atoms with Gasteiger partial charge in [-0.2, -0.15) is 0 Å². The van der Waals surface area contributed by atoms with E-state index in [1.807, 2.05) is 30.3 Å². The number of anilines is 2. The van der Waals surface area contributed by atoms with Crippen molar-refractivity contribution in [3.8, 4) is 0 Å². The number of halogens is 3. The van der Waals surface area contributed by atoms with Crippen molar-refractivity contribution < 1.29 is 9.72 Å². The number of nitrogens with zero attached hydrogens (tertiary/aromatic N) is 1. The highest BCUT2D eigenvalue weighted by atomic mass is 35.5. The topological polar surface area (TPSA) is 84.3 Å². The molecule has 3 aromatic rings. The molecule has 0 bridgehead atoms. The molecule has 186 valence electrons. The molecular weight excluding hydrogens is 541 g/mol. The lowest BCUT2D eigenvalue weighted by Gasteiger charge is -2.39. The summed E-state index contributed by atoms with van der Waals surface area (Å²) in [5.74, 6) is -0.153. The summed E-state index contributed by atoms with van der Waals surface area (Å²) in [5.41, 5.74) is 3.63. The van der Waals surface area contributed by atoms with Crippen molar-refractivity contribution in [1.82, 2.24) is 0 Å². The zero-order chi connectivity index (χ0) is 25.6. The van der Waals surface area contributed by atoms with E-state index in [0.29, 0.717) is 20.6 Å². The quantitative estimate of drug-likeness (QED) is 0.188. The highest BCUT2D eigenvalue weighted by Crippen LogP contribution is 2.59. The van der Waals surface area contributed by atoms with Crippen molar-refractivity contribution >= 4 is 69.5 Å². The van der Waals surface area contributed by atoms with Gasteiger partial charge in [0.15, 0.2) is 0 Å². The summed E-state index contributed by atoms with van der Waals surface area (Å²) in [4.78, 5) is 23.5. The fraction of sp³-hybridized carbons (Fsp3) is 0.269. The van der Waals surface area contributed by atoms with Gasteiger partial charge in [-0.1, -0.05) is 41.4 Å². The fourth-order valence-electron chi connectivity index (χ4n) is 5.33. The molecule has 36 heavy (non-hydrogen) atoms. The number of carbonyl (C=O) groups excluding carboxylic acids is 1. The molecule has 1 saturated carbocycles. The molecule has 1 aliphatic heterocycles. The first kappa shape index (κ1) is 25.2. The van der Waals surface area contributed by atoms with Gasteiger partial charge in [0.1, 0.15) is 0 Å². The third kappa shape index (κ3) is 4.77. The predicted octanol–water partition coefficient (Wildman–Crippen LogP) is 7.90. The molecule has 2 aliphatic rings. The standard InChI is InChI=1S/C26H22Cl3N3O3S/c1-13(33)30-15-7-9-20-17(11-15)24-18(26(31-20)16-8-6-14(27)10-19(16)28)12-23(25(24)29)36-22-5-3-2-4-21(22)32(34)35/h2-11,18,23-26,31H,12H2,1H3,(H,30,33)/t18-,23-,24+,25-,26-/m1/s1. The average Bonchev–Trinajstić information content (AvgIpc) is 3.15. The predicted molar refractivity (Wildman–Crippen MR) is 147 cm³/mol. The van der Waals surface area contributed by atoms with Crippen LogP contribution in [0.25, 0.3) is 0 Å². The molecule has 10 heteroatoms. The Bertz CT molecular complexity index is 1360. The van der Waals surface area contributed by atoms with Crippen LogP contribution in [0.1, 0.15) is 36.4 Å². The zero-order valence-electron chi connectivity index (χ0n) is 19.1. The van der Waals surface area contributed by atoms with E-state index in [4.69, 9.17) is 34.8 Å². The molecular formula is C26H22Cl3N3O3S. The van der Waals surface area contributed by atoms with Crippen molar-refractivity contribution in [2.45, 2.75) is 40.8 Å². The molecule has 6 nitrogen and oxygen atoms in total. The highest BCUT2D eigenvalue weighted by molar-refractivity contribution is 8.00. The summed E-state index contributed by atoms with van der Waals surface area (Å²) in [6.07, 6.45) is 0.718. The third-order valence-corrected chi connectivity index (χ3v) is 9.45. The fourth-order valence-corrected chi connectivity index (χ4v) is 7.80. The van der Waals surface area contributed by atoms with Gasteiger partial charge in [-0.25, -0.2) is 0 Å². The van der Waals surface area contributed by atoms with Gasteiger partial charge < -0.3 is 10.6 Å². The number of nitro groups is 1. The van der Waals surface area contributed by atoms with Crippen LogP contribution in [0.3, 0.4) is 0 Å². The SMILES string of the molecule is CC(=O)Nc1ccc2c(c1)[C@@H]1[C@H](Cl)[C@H](Sc3ccccc3[N+](=O)[O-])C[C@H]1[C@@H](c1ccc(Cl)cc1Cl)N2. The van der Waals surface area contributed by atoms with Gasteiger partial charge in [0.05, 0.1) is 21.2 Å². The minimum Gasteiger partial charge on any atom is -0.378 e. The number of nitrogens with one attached hydrogen (secondary N) is 2. The van der Waals surface area contributed by atoms with Crippen LogP contribution in [-0.2, 0) is 4.79 Å². The molecule has 5 rings (SSSR count). The van der Waals surface area contributed by atoms with Gasteiger partial charge in [0.2, 0.25) is 5.91 Å². The Balaban J connectivity index is 1.56. The van der Waals surface area contributed by atoms with E-state index in [-0.39, 0.29) is 45.0 Å². The second kappa shape index (κ2) is 10.1. The number of carbonyl (C=O) groups is 1. The Morgan fingerprint density at radius 2 is 1.89 bits per heavy atom. The Morgan fingerprint density at radius 3 is 2.61 bits per heavy atom. The lowest BCUT2D eigenvalue weighted by molar-refractivity contribution is -0.387. The molecule has 3 aromatic carbocycles. The molecule has 1 heterocycles. The van der Waals surface area contributed by atoms with E-state index in [9.17, 15) is 14.9 Å². The van der Waals surface area contributed by atoms with Crippen LogP contribution in [-0.4, -0.2) is 21.5 Å². The van der Waals surface area contributed by atoms with E-state index < -0.39 is 0 Å². The summed E-state index contributed by atoms with van der Waals surface area (Å²) in [6, 6.07) is 17.9. The minimum atomic E-state index is -0.361. The second-order valence-corrected chi connectivity index (χ2v) is 11.7. The lowest BCUT2D eigenvalue weighted by atomic mass is 9.77. The van der Waals surface area contributed by atoms with Gasteiger partial charge in [-0.15, -0.1) is 23.4 Å². The van der Waals surface area contributed by atoms with E-state index in [0.717, 1.165) is 23.2 Å². The Hall–Kier alpha value is -2.45. The van der Waals surface area contributed by atoms with E-state index >= 15 is 0 Å². The first-order chi connectivity index (χ1) is 17.2. The first-order valence-electron chi connectivity index (χ1n) is 11.4. The molecule has 2 N–H and O–H groups in total. The zero-order valence-corrected chi connectivity index (χ0v) is 22.2. The molecule has 1 fully saturated rings. The molecule has 0 spiro atoms. The number of amides is 1. The lowest BCUT2D eigenvalue weighted by Crippen LogP contribution is -2.31. The summed E-state index contributed by atoms with van der Waals surface area (Å²) in [6.45, 7) is 1.47. The maximum atomic E-state index is 11.7. The molecule has 1 amide bonds. The number of thioether (sulfide) groups is 1. The third-order valence-electron chi connectivity index (χ3n) is 6.77. The van der Waals surface area contributed by atoms with E-state index in [1.165, 1.54) is 24.8 Å². The number of alkyl halides is 1. The smallest absolute Gasteiger partial charge is 0.282 e. The Labute approximate surface area is 227 Å². The van der Waals surface area contributed by atoms with Crippen LogP contribution in [0.15, 0.2) is 65.6 Å². The van der Waals surface area contributed by atoms with Gasteiger partial charge in [0.25, 0.3) is 5.69 Å². The number of hydrogen-bond donors (Lipinski definition) is 2. The molecule has 0 aromatic heterocycles. The number of para-hydroxylation sites is 1. The summed E-state index contributed by atoms with van der Waals surface area (Å²) < 4.78 is 0. The molecule has 0 radical (unpaired) electrons. The van der Waals surface area contributed by atoms with Crippen molar-refractivity contribution in [3.05, 3.63) is 92.0 Å². The van der Waals surface area contributed by atoms with Crippen LogP contribution in [0, 0.1) is 16.0 Å². The van der Waals surface area contributed by atoms with Crippen molar-refractivity contribution in [2.75, 3.05) is 10.6 Å². The maximum Gasteiger partial charge on any atom is 0.282 e. The molecule has 5 atom stereocenters. The molecule has 1 aliphatic carbocycles. The van der Waals surface area contributed by atoms with Crippen LogP contribution in [0.4, 0.5) is 17.1 Å². The minimum absolute atomic E-state index is 0.0614. The molecule has 0 saturated heterocycles. The van der Waals surface area contributed by atoms with E-state index in [1.54, 1.807) is 24.3 Å². The van der Waals surface area contributed by atoms with Crippen LogP contribution >= 0.6 is 46.6 Å². The number of nitro benzene ring substituents is 1. The normalized spacial score (nSPS) is 24.4. The largest absolute Gasteiger partial charge is 0.378 e. The monoisotopic (exact) mass is 561 g/mol. The molecule has 0 unspecified atom stereocenters. The average molecular weight is 563 g/mol. The van der Waals surface area contributed by atoms with Crippen molar-refractivity contribution in [3.63, 3.8) is 0 Å². The Morgan fingerprint density at radius 1 is 1.11 bits per heavy atom. The Kier molecular flexibility index (Phi) is 7.10. The summed E-state index contributed by atoms with van der Waals surface area (Å²) in [5, 5.41) is 18.9. The maximum absolute atomic E-state index is 11.7. The van der Waals surface area contributed by atoms with Gasteiger partial charge in [-0.3, -0.25) is 14.9 Å². The van der Waals surface area contributed by atoms with Crippen LogP contribution in [0.2, 0.25) is 10.0 Å². The number of hydrogen-bond acceptors (Lipinski definition) is 5. The summed E-state index contributed by atoms with van der Waals surface area (Å²) >= 11 is 21.4. The van der Waals surface area contributed by atoms with Crippen LogP contribution < -0.4 is 10.6 Å². The van der Waals surface area contributed by atoms with Gasteiger partial charge >= 0.3 is 0 Å². The van der Waals surface area contributed by atoms with Gasteiger partial charge in [0, 0.05) is 45.6 Å². The van der Waals surface area contributed by atoms with Crippen molar-refractivity contribution in [1.29, 1.82) is 0 Å². The first-order valence-corrected chi connectivity index (χ1v) is 13.5. The van der Waals surface area contributed by atoms with E-state index in [2.05, 4.69) is 10.6 Å². The van der Waals surface area contributed by atoms with Crippen LogP contribution in [0.5, 0.6) is 0 Å². The second-order valence-electron chi connectivity index (χ2n) is 9.02. The number of fused-ring (bicyclic) bond motifs is 3. The van der Waals surface area contributed by atoms with Crippen molar-refractivity contribution in [2.24, 2.45) is 5.92 Å². The van der Waals surface area contributed by atoms with Gasteiger partial charge in [-0.05, 0) is 59.9 Å². The highest BCUT2D eigenvalue weighted by Gasteiger charge is 2.50.